The zero-order valence-corrected chi connectivity index (χ0v) is 15.6. The van der Waals surface area contributed by atoms with Gasteiger partial charge in [-0.2, -0.15) is 0 Å². The Labute approximate surface area is 157 Å². The Morgan fingerprint density at radius 1 is 1.19 bits per heavy atom. The summed E-state index contributed by atoms with van der Waals surface area (Å²) in [7, 11) is 0. The quantitative estimate of drug-likeness (QED) is 0.626. The molecule has 1 aromatic carbocycles. The molecule has 0 aliphatic heterocycles. The van der Waals surface area contributed by atoms with Gasteiger partial charge in [-0.1, -0.05) is 19.9 Å². The number of pyridine rings is 1. The highest BCUT2D eigenvalue weighted by atomic mass is 16.5. The molecule has 2 heterocycles. The summed E-state index contributed by atoms with van der Waals surface area (Å²) in [5.74, 6) is 0.661. The third kappa shape index (κ3) is 4.53. The van der Waals surface area contributed by atoms with Crippen LogP contribution in [-0.2, 0) is 11.3 Å². The van der Waals surface area contributed by atoms with E-state index in [-0.39, 0.29) is 12.2 Å². The molecular weight excluding hydrogens is 344 g/mol. The van der Waals surface area contributed by atoms with E-state index in [1.54, 1.807) is 36.5 Å². The first-order valence-electron chi connectivity index (χ1n) is 8.82. The lowest BCUT2D eigenvalue weighted by Crippen LogP contribution is -2.17. The fourth-order valence-corrected chi connectivity index (χ4v) is 2.56. The first-order valence-corrected chi connectivity index (χ1v) is 8.82. The lowest BCUT2D eigenvalue weighted by Gasteiger charge is -2.09. The molecular formula is C21H22N2O4. The molecule has 0 saturated carbocycles. The molecule has 0 aliphatic rings. The minimum absolute atomic E-state index is 0.0650. The van der Waals surface area contributed by atoms with Gasteiger partial charge in [0.25, 0.3) is 5.56 Å². The second kappa shape index (κ2) is 8.03. The van der Waals surface area contributed by atoms with Crippen LogP contribution in [0, 0.1) is 12.8 Å². The van der Waals surface area contributed by atoms with Crippen molar-refractivity contribution in [2.24, 2.45) is 5.92 Å². The van der Waals surface area contributed by atoms with Crippen LogP contribution in [0.2, 0.25) is 0 Å². The van der Waals surface area contributed by atoms with E-state index in [1.807, 2.05) is 13.0 Å². The van der Waals surface area contributed by atoms with Gasteiger partial charge in [0.2, 0.25) is 0 Å². The minimum Gasteiger partial charge on any atom is -0.493 e. The molecule has 0 saturated heterocycles. The summed E-state index contributed by atoms with van der Waals surface area (Å²) in [5, 5.41) is 0. The third-order valence-corrected chi connectivity index (χ3v) is 3.96. The standard InChI is InChI=1S/C21H22N2O4/c1-14(2)12-26-18-8-6-16(7-9-18)21(25)27-13-17-11-19(24)23-10-4-5-15(3)20(23)22-17/h4-11,14H,12-13H2,1-3H3. The summed E-state index contributed by atoms with van der Waals surface area (Å²) in [4.78, 5) is 28.8. The Balaban J connectivity index is 1.68. The molecule has 3 aromatic rings. The lowest BCUT2D eigenvalue weighted by molar-refractivity contribution is 0.0467. The molecule has 0 aliphatic carbocycles. The SMILES string of the molecule is Cc1cccn2c(=O)cc(COC(=O)c3ccc(OCC(C)C)cc3)nc12. The largest absolute Gasteiger partial charge is 0.493 e. The van der Waals surface area contributed by atoms with Gasteiger partial charge in [-0.15, -0.1) is 0 Å². The molecule has 0 bridgehead atoms. The highest BCUT2D eigenvalue weighted by molar-refractivity contribution is 5.89. The predicted octanol–water partition coefficient (Wildman–Crippen LogP) is 3.39. The van der Waals surface area contributed by atoms with Crippen molar-refractivity contribution >= 4 is 11.6 Å². The normalized spacial score (nSPS) is 11.0. The van der Waals surface area contributed by atoms with Gasteiger partial charge in [-0.05, 0) is 48.7 Å². The Kier molecular flexibility index (Phi) is 5.54. The number of hydrogen-bond acceptors (Lipinski definition) is 5. The number of nitrogens with zero attached hydrogens (tertiary/aromatic N) is 2. The number of ether oxygens (including phenoxy) is 2. The van der Waals surface area contributed by atoms with E-state index in [2.05, 4.69) is 18.8 Å². The first-order chi connectivity index (χ1) is 12.9. The monoisotopic (exact) mass is 366 g/mol. The van der Waals surface area contributed by atoms with E-state index in [0.717, 1.165) is 5.56 Å². The zero-order chi connectivity index (χ0) is 19.4. The van der Waals surface area contributed by atoms with Gasteiger partial charge in [0.1, 0.15) is 18.0 Å². The number of carbonyl (C=O) groups excluding carboxylic acids is 1. The molecule has 6 heteroatoms. The number of aromatic nitrogens is 2. The molecule has 6 nitrogen and oxygen atoms in total. The van der Waals surface area contributed by atoms with Crippen LogP contribution in [0.4, 0.5) is 0 Å². The minimum atomic E-state index is -0.475. The summed E-state index contributed by atoms with van der Waals surface area (Å²) >= 11 is 0. The molecule has 140 valence electrons. The number of esters is 1. The average Bonchev–Trinajstić information content (AvgIpc) is 2.66. The smallest absolute Gasteiger partial charge is 0.338 e. The summed E-state index contributed by atoms with van der Waals surface area (Å²) < 4.78 is 12.4. The van der Waals surface area contributed by atoms with Gasteiger partial charge in [0.15, 0.2) is 0 Å². The van der Waals surface area contributed by atoms with Gasteiger partial charge in [-0.25, -0.2) is 9.78 Å². The van der Waals surface area contributed by atoms with Crippen LogP contribution < -0.4 is 10.3 Å². The maximum absolute atomic E-state index is 12.2. The van der Waals surface area contributed by atoms with Crippen LogP contribution in [0.1, 0.15) is 35.5 Å². The Bertz CT molecular complexity index is 1010. The van der Waals surface area contributed by atoms with Gasteiger partial charge in [0.05, 0.1) is 17.9 Å². The van der Waals surface area contributed by atoms with Crippen LogP contribution in [0.5, 0.6) is 5.75 Å². The maximum atomic E-state index is 12.2. The molecule has 0 atom stereocenters. The van der Waals surface area contributed by atoms with Gasteiger partial charge >= 0.3 is 5.97 Å². The maximum Gasteiger partial charge on any atom is 0.338 e. The average molecular weight is 366 g/mol. The van der Waals surface area contributed by atoms with Crippen molar-refractivity contribution in [3.8, 4) is 5.75 Å². The number of fused-ring (bicyclic) bond motifs is 1. The number of carbonyl (C=O) groups is 1. The van der Waals surface area contributed by atoms with Crippen molar-refractivity contribution in [2.45, 2.75) is 27.4 Å². The van der Waals surface area contributed by atoms with Crippen LogP contribution in [0.25, 0.3) is 5.65 Å². The first kappa shape index (κ1) is 18.6. The molecule has 0 amide bonds. The van der Waals surface area contributed by atoms with E-state index < -0.39 is 5.97 Å². The van der Waals surface area contributed by atoms with Crippen molar-refractivity contribution in [1.82, 2.24) is 9.38 Å². The molecule has 0 fully saturated rings. The summed E-state index contributed by atoms with van der Waals surface area (Å²) in [6, 6.07) is 11.8. The molecule has 0 N–H and O–H groups in total. The van der Waals surface area contributed by atoms with Crippen molar-refractivity contribution in [1.29, 1.82) is 0 Å². The van der Waals surface area contributed by atoms with Crippen LogP contribution in [0.3, 0.4) is 0 Å². The molecule has 0 unspecified atom stereocenters. The highest BCUT2D eigenvalue weighted by Crippen LogP contribution is 2.14. The Morgan fingerprint density at radius 2 is 1.93 bits per heavy atom. The molecule has 0 radical (unpaired) electrons. The fourth-order valence-electron chi connectivity index (χ4n) is 2.56. The van der Waals surface area contributed by atoms with Gasteiger partial charge < -0.3 is 9.47 Å². The van der Waals surface area contributed by atoms with E-state index in [9.17, 15) is 9.59 Å². The van der Waals surface area contributed by atoms with Crippen molar-refractivity contribution < 1.29 is 14.3 Å². The molecule has 2 aromatic heterocycles. The van der Waals surface area contributed by atoms with Crippen molar-refractivity contribution in [3.05, 3.63) is 75.8 Å². The van der Waals surface area contributed by atoms with Crippen LogP contribution in [0.15, 0.2) is 53.5 Å². The second-order valence-electron chi connectivity index (χ2n) is 6.78. The van der Waals surface area contributed by atoms with Crippen LogP contribution in [-0.4, -0.2) is 22.0 Å². The number of aryl methyl sites for hydroxylation is 1. The summed E-state index contributed by atoms with van der Waals surface area (Å²) in [6.07, 6.45) is 1.66. The number of benzene rings is 1. The predicted molar refractivity (Wildman–Crippen MR) is 102 cm³/mol. The fraction of sp³-hybridized carbons (Fsp3) is 0.286. The van der Waals surface area contributed by atoms with Crippen LogP contribution >= 0.6 is 0 Å². The molecule has 0 spiro atoms. The van der Waals surface area contributed by atoms with E-state index >= 15 is 0 Å². The van der Waals surface area contributed by atoms with E-state index in [1.165, 1.54) is 10.5 Å². The Morgan fingerprint density at radius 3 is 2.63 bits per heavy atom. The Hall–Kier alpha value is -3.15. The third-order valence-electron chi connectivity index (χ3n) is 3.96. The number of hydrogen-bond donors (Lipinski definition) is 0. The highest BCUT2D eigenvalue weighted by Gasteiger charge is 2.10. The zero-order valence-electron chi connectivity index (χ0n) is 15.6. The molecule has 3 rings (SSSR count). The lowest BCUT2D eigenvalue weighted by atomic mass is 10.2. The van der Waals surface area contributed by atoms with Crippen molar-refractivity contribution in [2.75, 3.05) is 6.61 Å². The van der Waals surface area contributed by atoms with E-state index in [0.29, 0.717) is 35.2 Å². The summed E-state index contributed by atoms with van der Waals surface area (Å²) in [5.41, 5.74) is 2.06. The second-order valence-corrected chi connectivity index (χ2v) is 6.78. The topological polar surface area (TPSA) is 69.9 Å². The van der Waals surface area contributed by atoms with E-state index in [4.69, 9.17) is 9.47 Å². The number of rotatable bonds is 6. The summed E-state index contributed by atoms with van der Waals surface area (Å²) in [6.45, 7) is 6.57. The van der Waals surface area contributed by atoms with Gasteiger partial charge in [-0.3, -0.25) is 9.20 Å². The van der Waals surface area contributed by atoms with Crippen molar-refractivity contribution in [3.63, 3.8) is 0 Å². The van der Waals surface area contributed by atoms with Gasteiger partial charge in [0, 0.05) is 12.3 Å². The molecule has 27 heavy (non-hydrogen) atoms.